The van der Waals surface area contributed by atoms with Gasteiger partial charge in [0.05, 0.1) is 0 Å². The topological polar surface area (TPSA) is 32.3 Å². The summed E-state index contributed by atoms with van der Waals surface area (Å²) in [6.45, 7) is 11.8. The molecule has 0 fully saturated rings. The fraction of sp³-hybridized carbons (Fsp3) is 0.909. The van der Waals surface area contributed by atoms with Crippen molar-refractivity contribution >= 4 is 5.91 Å². The zero-order chi connectivity index (χ0) is 11.0. The number of nitrogens with one attached hydrogen (secondary N) is 1. The number of nitrogens with zero attached hydrogens (tertiary/aromatic N) is 1. The van der Waals surface area contributed by atoms with Gasteiger partial charge in [0.15, 0.2) is 0 Å². The van der Waals surface area contributed by atoms with Crippen molar-refractivity contribution in [3.63, 3.8) is 0 Å². The van der Waals surface area contributed by atoms with E-state index in [0.717, 1.165) is 26.2 Å². The van der Waals surface area contributed by atoms with Crippen LogP contribution in [0.1, 0.15) is 34.1 Å². The Labute approximate surface area is 87.9 Å². The van der Waals surface area contributed by atoms with Gasteiger partial charge in [0.1, 0.15) is 0 Å². The highest BCUT2D eigenvalue weighted by molar-refractivity contribution is 5.76. The number of amides is 1. The zero-order valence-corrected chi connectivity index (χ0v) is 9.97. The molecule has 0 saturated carbocycles. The van der Waals surface area contributed by atoms with Crippen molar-refractivity contribution in [2.24, 2.45) is 5.92 Å². The van der Waals surface area contributed by atoms with Gasteiger partial charge in [-0.1, -0.05) is 20.8 Å². The molecule has 0 bridgehead atoms. The second kappa shape index (κ2) is 7.80. The SMILES string of the molecule is CCNCCC(=O)N(CC)CC(C)C. The van der Waals surface area contributed by atoms with Crippen LogP contribution in [0.5, 0.6) is 0 Å². The largest absolute Gasteiger partial charge is 0.343 e. The molecule has 84 valence electrons. The van der Waals surface area contributed by atoms with Crippen LogP contribution in [0.15, 0.2) is 0 Å². The van der Waals surface area contributed by atoms with Crippen molar-refractivity contribution < 1.29 is 4.79 Å². The molecule has 0 heterocycles. The summed E-state index contributed by atoms with van der Waals surface area (Å²) < 4.78 is 0. The summed E-state index contributed by atoms with van der Waals surface area (Å²) >= 11 is 0. The molecule has 0 spiro atoms. The average molecular weight is 200 g/mol. The molecule has 0 aromatic rings. The van der Waals surface area contributed by atoms with Crippen molar-refractivity contribution in [1.82, 2.24) is 10.2 Å². The van der Waals surface area contributed by atoms with Gasteiger partial charge in [-0.05, 0) is 19.4 Å². The van der Waals surface area contributed by atoms with Gasteiger partial charge < -0.3 is 10.2 Å². The van der Waals surface area contributed by atoms with Gasteiger partial charge in [0.25, 0.3) is 0 Å². The van der Waals surface area contributed by atoms with E-state index >= 15 is 0 Å². The van der Waals surface area contributed by atoms with Crippen molar-refractivity contribution in [3.05, 3.63) is 0 Å². The summed E-state index contributed by atoms with van der Waals surface area (Å²) in [5, 5.41) is 3.16. The molecule has 1 N–H and O–H groups in total. The molecule has 3 nitrogen and oxygen atoms in total. The third kappa shape index (κ3) is 5.97. The summed E-state index contributed by atoms with van der Waals surface area (Å²) in [7, 11) is 0. The van der Waals surface area contributed by atoms with Crippen LogP contribution in [0.4, 0.5) is 0 Å². The molecule has 3 heteroatoms. The van der Waals surface area contributed by atoms with E-state index in [1.807, 2.05) is 11.8 Å². The second-order valence-corrected chi connectivity index (χ2v) is 3.93. The second-order valence-electron chi connectivity index (χ2n) is 3.93. The Morgan fingerprint density at radius 2 is 2.00 bits per heavy atom. The summed E-state index contributed by atoms with van der Waals surface area (Å²) in [5.74, 6) is 0.820. The highest BCUT2D eigenvalue weighted by atomic mass is 16.2. The van der Waals surface area contributed by atoms with E-state index in [1.165, 1.54) is 0 Å². The Bertz CT molecular complexity index is 157. The highest BCUT2D eigenvalue weighted by Crippen LogP contribution is 2.00. The average Bonchev–Trinajstić information content (AvgIpc) is 2.14. The summed E-state index contributed by atoms with van der Waals surface area (Å²) in [5.41, 5.74) is 0. The standard InChI is InChI=1S/C11H24N2O/c1-5-12-8-7-11(14)13(6-2)9-10(3)4/h10,12H,5-9H2,1-4H3. The van der Waals surface area contributed by atoms with Gasteiger partial charge in [-0.25, -0.2) is 0 Å². The maximum Gasteiger partial charge on any atom is 0.223 e. The lowest BCUT2D eigenvalue weighted by Crippen LogP contribution is -2.35. The van der Waals surface area contributed by atoms with Gasteiger partial charge in [0, 0.05) is 26.1 Å². The number of hydrogen-bond donors (Lipinski definition) is 1. The van der Waals surface area contributed by atoms with Crippen molar-refractivity contribution in [1.29, 1.82) is 0 Å². The predicted octanol–water partition coefficient (Wildman–Crippen LogP) is 1.49. The zero-order valence-electron chi connectivity index (χ0n) is 9.97. The Morgan fingerprint density at radius 1 is 1.36 bits per heavy atom. The molecule has 0 saturated heterocycles. The van der Waals surface area contributed by atoms with Crippen LogP contribution in [0.2, 0.25) is 0 Å². The lowest BCUT2D eigenvalue weighted by molar-refractivity contribution is -0.131. The molecule has 0 aliphatic heterocycles. The summed E-state index contributed by atoms with van der Waals surface area (Å²) in [6, 6.07) is 0. The molecule has 0 rings (SSSR count). The Balaban J connectivity index is 3.79. The van der Waals surface area contributed by atoms with Crippen LogP contribution in [0.3, 0.4) is 0 Å². The van der Waals surface area contributed by atoms with Gasteiger partial charge in [-0.2, -0.15) is 0 Å². The normalized spacial score (nSPS) is 10.6. The van der Waals surface area contributed by atoms with Gasteiger partial charge in [-0.15, -0.1) is 0 Å². The maximum atomic E-state index is 11.7. The molecule has 0 aliphatic carbocycles. The number of carbonyl (C=O) groups excluding carboxylic acids is 1. The molecule has 0 aromatic carbocycles. The van der Waals surface area contributed by atoms with Crippen molar-refractivity contribution in [3.8, 4) is 0 Å². The van der Waals surface area contributed by atoms with E-state index in [-0.39, 0.29) is 5.91 Å². The minimum absolute atomic E-state index is 0.266. The van der Waals surface area contributed by atoms with Crippen LogP contribution in [0.25, 0.3) is 0 Å². The Morgan fingerprint density at radius 3 is 2.43 bits per heavy atom. The molecule has 0 radical (unpaired) electrons. The molecule has 0 unspecified atom stereocenters. The van der Waals surface area contributed by atoms with Crippen LogP contribution in [0, 0.1) is 5.92 Å². The van der Waals surface area contributed by atoms with Crippen LogP contribution >= 0.6 is 0 Å². The maximum absolute atomic E-state index is 11.7. The van der Waals surface area contributed by atoms with E-state index < -0.39 is 0 Å². The quantitative estimate of drug-likeness (QED) is 0.632. The molecule has 14 heavy (non-hydrogen) atoms. The number of carbonyl (C=O) groups is 1. The summed E-state index contributed by atoms with van der Waals surface area (Å²) in [4.78, 5) is 13.6. The molecule has 0 aromatic heterocycles. The van der Waals surface area contributed by atoms with Gasteiger partial charge in [-0.3, -0.25) is 4.79 Å². The number of hydrogen-bond acceptors (Lipinski definition) is 2. The lowest BCUT2D eigenvalue weighted by Gasteiger charge is -2.22. The Hall–Kier alpha value is -0.570. The first-order chi connectivity index (χ1) is 6.61. The van der Waals surface area contributed by atoms with Crippen LogP contribution < -0.4 is 5.32 Å². The van der Waals surface area contributed by atoms with Crippen LogP contribution in [-0.2, 0) is 4.79 Å². The highest BCUT2D eigenvalue weighted by Gasteiger charge is 2.11. The van der Waals surface area contributed by atoms with Gasteiger partial charge in [0.2, 0.25) is 5.91 Å². The smallest absolute Gasteiger partial charge is 0.223 e. The fourth-order valence-corrected chi connectivity index (χ4v) is 1.38. The third-order valence-corrected chi connectivity index (χ3v) is 2.09. The number of rotatable bonds is 7. The first kappa shape index (κ1) is 13.4. The predicted molar refractivity (Wildman–Crippen MR) is 60.3 cm³/mol. The minimum atomic E-state index is 0.266. The first-order valence-corrected chi connectivity index (χ1v) is 5.60. The molecular weight excluding hydrogens is 176 g/mol. The summed E-state index contributed by atoms with van der Waals surface area (Å²) in [6.07, 6.45) is 0.619. The van der Waals surface area contributed by atoms with E-state index in [2.05, 4.69) is 26.1 Å². The molecule has 0 atom stereocenters. The van der Waals surface area contributed by atoms with Crippen LogP contribution in [-0.4, -0.2) is 37.0 Å². The minimum Gasteiger partial charge on any atom is -0.343 e. The Kier molecular flexibility index (Phi) is 7.48. The van der Waals surface area contributed by atoms with E-state index in [9.17, 15) is 4.79 Å². The molecule has 0 aliphatic rings. The van der Waals surface area contributed by atoms with E-state index in [1.54, 1.807) is 0 Å². The van der Waals surface area contributed by atoms with E-state index in [0.29, 0.717) is 12.3 Å². The van der Waals surface area contributed by atoms with Gasteiger partial charge >= 0.3 is 0 Å². The fourth-order valence-electron chi connectivity index (χ4n) is 1.38. The molecular formula is C11H24N2O. The lowest BCUT2D eigenvalue weighted by atomic mass is 10.2. The van der Waals surface area contributed by atoms with Crippen molar-refractivity contribution in [2.75, 3.05) is 26.2 Å². The molecule has 1 amide bonds. The first-order valence-electron chi connectivity index (χ1n) is 5.60. The van der Waals surface area contributed by atoms with Crippen molar-refractivity contribution in [2.45, 2.75) is 34.1 Å². The monoisotopic (exact) mass is 200 g/mol. The third-order valence-electron chi connectivity index (χ3n) is 2.09. The van der Waals surface area contributed by atoms with E-state index in [4.69, 9.17) is 0 Å².